The Bertz CT molecular complexity index is 306. The Hall–Kier alpha value is -0.840. The third-order valence-corrected chi connectivity index (χ3v) is 1.83. The average Bonchev–Trinajstić information content (AvgIpc) is 2.16. The molecule has 0 heterocycles. The lowest BCUT2D eigenvalue weighted by molar-refractivity contribution is 0.0536. The Labute approximate surface area is 85.7 Å². The summed E-state index contributed by atoms with van der Waals surface area (Å²) < 4.78 is 17.6. The molecule has 0 saturated carbocycles. The Balaban J connectivity index is 2.59. The van der Waals surface area contributed by atoms with Crippen LogP contribution in [0.1, 0.15) is 0 Å². The van der Waals surface area contributed by atoms with E-state index in [1.165, 1.54) is 12.1 Å². The van der Waals surface area contributed by atoms with Crippen molar-refractivity contribution in [3.05, 3.63) is 29.0 Å². The van der Waals surface area contributed by atoms with E-state index >= 15 is 0 Å². The van der Waals surface area contributed by atoms with Crippen molar-refractivity contribution in [1.82, 2.24) is 0 Å². The normalized spacial score (nSPS) is 12.6. The molecule has 0 aromatic heterocycles. The van der Waals surface area contributed by atoms with E-state index in [4.69, 9.17) is 26.6 Å². The quantitative estimate of drug-likeness (QED) is 0.802. The molecule has 14 heavy (non-hydrogen) atoms. The number of hydrogen-bond acceptors (Lipinski definition) is 3. The van der Waals surface area contributed by atoms with Crippen LogP contribution < -0.4 is 4.74 Å². The van der Waals surface area contributed by atoms with Crippen LogP contribution in [-0.2, 0) is 0 Å². The lowest BCUT2D eigenvalue weighted by atomic mass is 10.3. The van der Waals surface area contributed by atoms with E-state index in [9.17, 15) is 4.39 Å². The van der Waals surface area contributed by atoms with Crippen LogP contribution in [0, 0.1) is 5.82 Å². The summed E-state index contributed by atoms with van der Waals surface area (Å²) in [6, 6.07) is 3.68. The van der Waals surface area contributed by atoms with E-state index in [0.29, 0.717) is 0 Å². The standard InChI is InChI=1S/C9H10ClFO3/c10-8-3-6(11)1-2-9(8)14-5-7(13)4-12/h1-3,7,12-13H,4-5H2. The molecule has 0 bridgehead atoms. The molecule has 78 valence electrons. The third kappa shape index (κ3) is 3.14. The van der Waals surface area contributed by atoms with Crippen LogP contribution in [0.15, 0.2) is 18.2 Å². The maximum Gasteiger partial charge on any atom is 0.138 e. The predicted octanol–water partition coefficient (Wildman–Crippen LogP) is 1.21. The summed E-state index contributed by atoms with van der Waals surface area (Å²) in [5.74, 6) is -0.175. The number of halogens is 2. The van der Waals surface area contributed by atoms with Gasteiger partial charge in [0.25, 0.3) is 0 Å². The van der Waals surface area contributed by atoms with E-state index in [1.807, 2.05) is 0 Å². The minimum Gasteiger partial charge on any atom is -0.489 e. The highest BCUT2D eigenvalue weighted by Crippen LogP contribution is 2.24. The van der Waals surface area contributed by atoms with Crippen molar-refractivity contribution in [3.8, 4) is 5.75 Å². The lowest BCUT2D eigenvalue weighted by Gasteiger charge is -2.10. The van der Waals surface area contributed by atoms with Crippen LogP contribution in [0.3, 0.4) is 0 Å². The van der Waals surface area contributed by atoms with E-state index in [-0.39, 0.29) is 17.4 Å². The maximum absolute atomic E-state index is 12.6. The van der Waals surface area contributed by atoms with Crippen molar-refractivity contribution in [2.75, 3.05) is 13.2 Å². The summed E-state index contributed by atoms with van der Waals surface area (Å²) in [6.45, 7) is -0.472. The smallest absolute Gasteiger partial charge is 0.138 e. The maximum atomic E-state index is 12.6. The summed E-state index contributed by atoms with van der Waals surface area (Å²) >= 11 is 5.65. The molecule has 0 spiro atoms. The van der Waals surface area contributed by atoms with Gasteiger partial charge in [0.15, 0.2) is 0 Å². The van der Waals surface area contributed by atoms with Gasteiger partial charge in [0.05, 0.1) is 11.6 Å². The van der Waals surface area contributed by atoms with Gasteiger partial charge in [-0.1, -0.05) is 11.6 Å². The molecule has 0 amide bonds. The Morgan fingerprint density at radius 1 is 1.50 bits per heavy atom. The highest BCUT2D eigenvalue weighted by molar-refractivity contribution is 6.32. The molecule has 0 fully saturated rings. The first-order valence-electron chi connectivity index (χ1n) is 4.00. The number of aliphatic hydroxyl groups excluding tert-OH is 2. The first-order chi connectivity index (χ1) is 6.63. The second-order valence-electron chi connectivity index (χ2n) is 2.72. The van der Waals surface area contributed by atoms with Gasteiger partial charge in [-0.3, -0.25) is 0 Å². The van der Waals surface area contributed by atoms with E-state index in [2.05, 4.69) is 0 Å². The largest absolute Gasteiger partial charge is 0.489 e. The number of rotatable bonds is 4. The van der Waals surface area contributed by atoms with E-state index < -0.39 is 18.5 Å². The van der Waals surface area contributed by atoms with Gasteiger partial charge >= 0.3 is 0 Å². The molecule has 1 unspecified atom stereocenters. The summed E-state index contributed by atoms with van der Waals surface area (Å²) in [7, 11) is 0. The van der Waals surface area contributed by atoms with Gasteiger partial charge in [-0.05, 0) is 18.2 Å². The molecule has 3 nitrogen and oxygen atoms in total. The van der Waals surface area contributed by atoms with Crippen LogP contribution in [-0.4, -0.2) is 29.5 Å². The third-order valence-electron chi connectivity index (χ3n) is 1.54. The fourth-order valence-corrected chi connectivity index (χ4v) is 1.05. The van der Waals surface area contributed by atoms with Gasteiger partial charge in [0, 0.05) is 0 Å². The van der Waals surface area contributed by atoms with Gasteiger partial charge in [-0.2, -0.15) is 0 Å². The molecule has 0 aliphatic carbocycles. The molecule has 0 aliphatic rings. The molecular weight excluding hydrogens is 211 g/mol. The summed E-state index contributed by atoms with van der Waals surface area (Å²) in [5, 5.41) is 17.6. The fourth-order valence-electron chi connectivity index (χ4n) is 0.831. The van der Waals surface area contributed by atoms with Crippen molar-refractivity contribution in [3.63, 3.8) is 0 Å². The zero-order valence-corrected chi connectivity index (χ0v) is 8.04. The Kier molecular flexibility index (Phi) is 4.13. The van der Waals surface area contributed by atoms with Crippen LogP contribution >= 0.6 is 11.6 Å². The molecule has 5 heteroatoms. The second-order valence-corrected chi connectivity index (χ2v) is 3.13. The molecule has 1 aromatic carbocycles. The molecule has 1 rings (SSSR count). The number of aliphatic hydroxyl groups is 2. The molecule has 1 aromatic rings. The zero-order chi connectivity index (χ0) is 10.6. The zero-order valence-electron chi connectivity index (χ0n) is 7.28. The SMILES string of the molecule is OCC(O)COc1ccc(F)cc1Cl. The van der Waals surface area contributed by atoms with Crippen molar-refractivity contribution in [1.29, 1.82) is 0 Å². The molecule has 1 atom stereocenters. The highest BCUT2D eigenvalue weighted by atomic mass is 35.5. The van der Waals surface area contributed by atoms with Gasteiger partial charge in [0.1, 0.15) is 24.3 Å². The van der Waals surface area contributed by atoms with Crippen LogP contribution in [0.2, 0.25) is 5.02 Å². The van der Waals surface area contributed by atoms with Gasteiger partial charge in [-0.25, -0.2) is 4.39 Å². The van der Waals surface area contributed by atoms with Crippen LogP contribution in [0.25, 0.3) is 0 Å². The predicted molar refractivity (Wildman–Crippen MR) is 50.0 cm³/mol. The summed E-state index contributed by atoms with van der Waals surface area (Å²) in [6.07, 6.45) is -0.962. The number of benzene rings is 1. The minimum absolute atomic E-state index is 0.0815. The number of ether oxygens (including phenoxy) is 1. The van der Waals surface area contributed by atoms with Crippen molar-refractivity contribution in [2.45, 2.75) is 6.10 Å². The highest BCUT2D eigenvalue weighted by Gasteiger charge is 2.06. The molecule has 0 aliphatic heterocycles. The van der Waals surface area contributed by atoms with Crippen molar-refractivity contribution < 1.29 is 19.3 Å². The molecular formula is C9H10ClFO3. The van der Waals surface area contributed by atoms with Crippen LogP contribution in [0.4, 0.5) is 4.39 Å². The molecule has 0 radical (unpaired) electrons. The summed E-state index contributed by atoms with van der Waals surface area (Å²) in [4.78, 5) is 0. The Morgan fingerprint density at radius 3 is 2.79 bits per heavy atom. The number of hydrogen-bond donors (Lipinski definition) is 2. The first kappa shape index (κ1) is 11.2. The monoisotopic (exact) mass is 220 g/mol. The Morgan fingerprint density at radius 2 is 2.21 bits per heavy atom. The molecule has 0 saturated heterocycles. The second kappa shape index (κ2) is 5.14. The van der Waals surface area contributed by atoms with E-state index in [0.717, 1.165) is 6.07 Å². The van der Waals surface area contributed by atoms with Gasteiger partial charge in [0.2, 0.25) is 0 Å². The topological polar surface area (TPSA) is 49.7 Å². The van der Waals surface area contributed by atoms with Crippen molar-refractivity contribution in [2.24, 2.45) is 0 Å². The fraction of sp³-hybridized carbons (Fsp3) is 0.333. The van der Waals surface area contributed by atoms with E-state index in [1.54, 1.807) is 0 Å². The first-order valence-corrected chi connectivity index (χ1v) is 4.38. The lowest BCUT2D eigenvalue weighted by Crippen LogP contribution is -2.21. The molecule has 2 N–H and O–H groups in total. The average molecular weight is 221 g/mol. The minimum atomic E-state index is -0.962. The van der Waals surface area contributed by atoms with Gasteiger partial charge in [-0.15, -0.1) is 0 Å². The van der Waals surface area contributed by atoms with Crippen molar-refractivity contribution >= 4 is 11.6 Å². The summed E-state index contributed by atoms with van der Waals surface area (Å²) in [5.41, 5.74) is 0. The van der Waals surface area contributed by atoms with Crippen LogP contribution in [0.5, 0.6) is 5.75 Å². The van der Waals surface area contributed by atoms with Gasteiger partial charge < -0.3 is 14.9 Å².